The fourth-order valence-corrected chi connectivity index (χ4v) is 4.29. The summed E-state index contributed by atoms with van der Waals surface area (Å²) in [7, 11) is 1.88. The monoisotopic (exact) mass is 454 g/mol. The Hall–Kier alpha value is -4.29. The van der Waals surface area contributed by atoms with Crippen molar-refractivity contribution in [1.29, 1.82) is 5.26 Å². The largest absolute Gasteiger partial charge is 0.354 e. The molecule has 170 valence electrons. The number of benzene rings is 1. The van der Waals surface area contributed by atoms with Crippen molar-refractivity contribution in [3.8, 4) is 17.3 Å². The summed E-state index contributed by atoms with van der Waals surface area (Å²) >= 11 is 0. The molecule has 0 radical (unpaired) electrons. The number of nitrogens with two attached hydrogens (primary N) is 1. The van der Waals surface area contributed by atoms with Gasteiger partial charge in [0.05, 0.1) is 29.3 Å². The molecule has 0 bridgehead atoms. The number of imidazole rings is 1. The molecule has 1 aromatic carbocycles. The van der Waals surface area contributed by atoms with Gasteiger partial charge >= 0.3 is 0 Å². The first-order valence-electron chi connectivity index (χ1n) is 10.8. The maximum atomic E-state index is 13.5. The number of rotatable bonds is 5. The number of halogens is 1. The third-order valence-corrected chi connectivity index (χ3v) is 5.92. The van der Waals surface area contributed by atoms with Gasteiger partial charge in [0.1, 0.15) is 17.7 Å². The minimum atomic E-state index is -0.373. The van der Waals surface area contributed by atoms with E-state index in [1.54, 1.807) is 16.9 Å². The maximum Gasteiger partial charge on any atom is 0.154 e. The molecule has 2 N–H and O–H groups in total. The van der Waals surface area contributed by atoms with Crippen molar-refractivity contribution in [2.75, 3.05) is 23.4 Å². The average molecular weight is 455 g/mol. The van der Waals surface area contributed by atoms with Gasteiger partial charge in [-0.1, -0.05) is 12.6 Å². The third kappa shape index (κ3) is 3.95. The van der Waals surface area contributed by atoms with E-state index >= 15 is 0 Å². The molecule has 0 saturated carbocycles. The smallest absolute Gasteiger partial charge is 0.154 e. The van der Waals surface area contributed by atoms with Gasteiger partial charge in [0.25, 0.3) is 0 Å². The third-order valence-electron chi connectivity index (χ3n) is 5.92. The number of nitriles is 1. The molecule has 1 atom stereocenters. The SMILES string of the molecule is C=C1C[C@H](N)CN1c1ccc(-c2cnc3ccc(N(C)Cc4cncc(F)c4)nn23)cc1C#N. The van der Waals surface area contributed by atoms with E-state index < -0.39 is 0 Å². The van der Waals surface area contributed by atoms with Crippen LogP contribution >= 0.6 is 0 Å². The number of hydrogen-bond acceptors (Lipinski definition) is 7. The van der Waals surface area contributed by atoms with Gasteiger partial charge in [0, 0.05) is 50.1 Å². The Kier molecular flexibility index (Phi) is 5.43. The van der Waals surface area contributed by atoms with Crippen LogP contribution in [0.4, 0.5) is 15.9 Å². The molecule has 34 heavy (non-hydrogen) atoms. The molecule has 1 saturated heterocycles. The lowest BCUT2D eigenvalue weighted by atomic mass is 10.1. The van der Waals surface area contributed by atoms with Crippen molar-refractivity contribution in [2.45, 2.75) is 19.0 Å². The predicted octanol–water partition coefficient (Wildman–Crippen LogP) is 3.49. The number of anilines is 2. The summed E-state index contributed by atoms with van der Waals surface area (Å²) in [6.07, 6.45) is 5.27. The lowest BCUT2D eigenvalue weighted by molar-refractivity contribution is 0.618. The average Bonchev–Trinajstić information content (AvgIpc) is 3.40. The van der Waals surface area contributed by atoms with Gasteiger partial charge in [0.2, 0.25) is 0 Å². The lowest BCUT2D eigenvalue weighted by Gasteiger charge is -2.21. The summed E-state index contributed by atoms with van der Waals surface area (Å²) in [4.78, 5) is 12.3. The minimum absolute atomic E-state index is 0.0141. The summed E-state index contributed by atoms with van der Waals surface area (Å²) < 4.78 is 15.3. The molecule has 0 spiro atoms. The van der Waals surface area contributed by atoms with Gasteiger partial charge in [-0.3, -0.25) is 4.98 Å². The van der Waals surface area contributed by atoms with Crippen molar-refractivity contribution in [2.24, 2.45) is 5.73 Å². The molecule has 1 aliphatic rings. The molecule has 3 aromatic heterocycles. The molecule has 0 aliphatic carbocycles. The van der Waals surface area contributed by atoms with Gasteiger partial charge in [-0.2, -0.15) is 5.26 Å². The molecule has 1 aliphatic heterocycles. The molecule has 5 rings (SSSR count). The van der Waals surface area contributed by atoms with Crippen LogP contribution in [-0.4, -0.2) is 39.2 Å². The molecule has 0 amide bonds. The zero-order chi connectivity index (χ0) is 23.8. The Bertz CT molecular complexity index is 1440. The first-order chi connectivity index (χ1) is 16.4. The number of hydrogen-bond donors (Lipinski definition) is 1. The quantitative estimate of drug-likeness (QED) is 0.493. The number of aromatic nitrogens is 4. The summed E-state index contributed by atoms with van der Waals surface area (Å²) in [5.41, 5.74) is 11.3. The van der Waals surface area contributed by atoms with Gasteiger partial charge < -0.3 is 15.5 Å². The summed E-state index contributed by atoms with van der Waals surface area (Å²) in [5, 5.41) is 14.6. The van der Waals surface area contributed by atoms with Gasteiger partial charge in [0.15, 0.2) is 5.65 Å². The molecule has 9 heteroatoms. The zero-order valence-electron chi connectivity index (χ0n) is 18.7. The Balaban J connectivity index is 1.48. The van der Waals surface area contributed by atoms with E-state index in [-0.39, 0.29) is 11.9 Å². The fraction of sp³-hybridized carbons (Fsp3) is 0.200. The molecular weight excluding hydrogens is 431 g/mol. The topological polar surface area (TPSA) is 99.4 Å². The normalized spacial score (nSPS) is 15.6. The lowest BCUT2D eigenvalue weighted by Crippen LogP contribution is -2.26. The number of nitrogens with zero attached hydrogens (tertiary/aromatic N) is 7. The van der Waals surface area contributed by atoms with Crippen molar-refractivity contribution < 1.29 is 4.39 Å². The van der Waals surface area contributed by atoms with Crippen LogP contribution in [0, 0.1) is 17.1 Å². The van der Waals surface area contributed by atoms with Crippen LogP contribution in [0.25, 0.3) is 16.9 Å². The Morgan fingerprint density at radius 1 is 1.24 bits per heavy atom. The van der Waals surface area contributed by atoms with Crippen molar-refractivity contribution in [3.63, 3.8) is 0 Å². The summed E-state index contributed by atoms with van der Waals surface area (Å²) in [6.45, 7) is 5.18. The first-order valence-corrected chi connectivity index (χ1v) is 10.8. The number of pyridine rings is 1. The van der Waals surface area contributed by atoms with Gasteiger partial charge in [-0.25, -0.2) is 13.9 Å². The first kappa shape index (κ1) is 21.6. The Labute approximate surface area is 196 Å². The number of fused-ring (bicyclic) bond motifs is 1. The summed E-state index contributed by atoms with van der Waals surface area (Å²) in [5.74, 6) is 0.318. The van der Waals surface area contributed by atoms with Crippen LogP contribution in [0.5, 0.6) is 0 Å². The molecule has 4 heterocycles. The van der Waals surface area contributed by atoms with Crippen LogP contribution in [0.2, 0.25) is 0 Å². The summed E-state index contributed by atoms with van der Waals surface area (Å²) in [6, 6.07) is 13.2. The highest BCUT2D eigenvalue weighted by Crippen LogP contribution is 2.33. The van der Waals surface area contributed by atoms with Crippen LogP contribution in [0.15, 0.2) is 67.3 Å². The molecule has 8 nitrogen and oxygen atoms in total. The standard InChI is InChI=1S/C25H23FN8/c1-16-7-21(28)15-33(16)22-4-3-18(9-19(22)10-27)23-13-30-24-5-6-25(31-34(23)24)32(2)14-17-8-20(26)12-29-11-17/h3-6,8-9,11-13,21H,1,7,14-15,28H2,2H3/t21-/m0/s1. The maximum absolute atomic E-state index is 13.5. The van der Waals surface area contributed by atoms with E-state index in [1.807, 2.05) is 47.2 Å². The van der Waals surface area contributed by atoms with Crippen molar-refractivity contribution >= 4 is 17.2 Å². The highest BCUT2D eigenvalue weighted by Gasteiger charge is 2.25. The van der Waals surface area contributed by atoms with Gasteiger partial charge in [-0.15, -0.1) is 5.10 Å². The predicted molar refractivity (Wildman–Crippen MR) is 129 cm³/mol. The van der Waals surface area contributed by atoms with E-state index in [0.29, 0.717) is 36.5 Å². The highest BCUT2D eigenvalue weighted by molar-refractivity contribution is 5.73. The Morgan fingerprint density at radius 2 is 2.09 bits per heavy atom. The van der Waals surface area contributed by atoms with Gasteiger partial charge in [-0.05, 0) is 35.9 Å². The Morgan fingerprint density at radius 3 is 2.82 bits per heavy atom. The second-order valence-corrected chi connectivity index (χ2v) is 8.46. The van der Waals surface area contributed by atoms with E-state index in [0.717, 1.165) is 28.2 Å². The molecular formula is C25H23FN8. The van der Waals surface area contributed by atoms with E-state index in [9.17, 15) is 9.65 Å². The van der Waals surface area contributed by atoms with Crippen LogP contribution in [0.3, 0.4) is 0 Å². The van der Waals surface area contributed by atoms with E-state index in [1.165, 1.54) is 12.3 Å². The second-order valence-electron chi connectivity index (χ2n) is 8.46. The fourth-order valence-electron chi connectivity index (χ4n) is 4.29. The minimum Gasteiger partial charge on any atom is -0.354 e. The van der Waals surface area contributed by atoms with Crippen molar-refractivity contribution in [1.82, 2.24) is 19.6 Å². The second kappa shape index (κ2) is 8.57. The molecule has 1 fully saturated rings. The molecule has 0 unspecified atom stereocenters. The van der Waals surface area contributed by atoms with Crippen LogP contribution in [0.1, 0.15) is 17.5 Å². The van der Waals surface area contributed by atoms with E-state index in [4.69, 9.17) is 10.8 Å². The molecule has 4 aromatic rings. The highest BCUT2D eigenvalue weighted by atomic mass is 19.1. The van der Waals surface area contributed by atoms with Crippen LogP contribution in [-0.2, 0) is 6.54 Å². The zero-order valence-corrected chi connectivity index (χ0v) is 18.7. The van der Waals surface area contributed by atoms with E-state index in [2.05, 4.69) is 22.6 Å². The van der Waals surface area contributed by atoms with Crippen molar-refractivity contribution in [3.05, 3.63) is 84.2 Å². The van der Waals surface area contributed by atoms with Crippen LogP contribution < -0.4 is 15.5 Å².